The van der Waals surface area contributed by atoms with Crippen LogP contribution in [0, 0.1) is 28.6 Å². The van der Waals surface area contributed by atoms with Gasteiger partial charge < -0.3 is 9.66 Å². The molecule has 6 unspecified atom stereocenters. The fourth-order valence-electron chi connectivity index (χ4n) is 7.31. The van der Waals surface area contributed by atoms with Crippen LogP contribution < -0.4 is 0 Å². The number of hydrogen-bond acceptors (Lipinski definition) is 3. The number of fused-ring (bicyclic) bond motifs is 5. The topological polar surface area (TPSA) is 60.4 Å². The van der Waals surface area contributed by atoms with Gasteiger partial charge in [-0.05, 0) is 85.0 Å². The molecule has 8 atom stereocenters. The molecule has 1 N–H and O–H groups in total. The van der Waals surface area contributed by atoms with E-state index in [1.54, 1.807) is 0 Å². The molecule has 0 aliphatic heterocycles. The smallest absolute Gasteiger partial charge is 0.191 e. The zero-order valence-electron chi connectivity index (χ0n) is 17.5. The number of allylic oxidation sites excluding steroid dienone is 1. The Morgan fingerprint density at radius 2 is 1.79 bits per heavy atom. The molecule has 1 aromatic carbocycles. The van der Waals surface area contributed by atoms with Gasteiger partial charge in [-0.2, -0.15) is 0 Å². The Kier molecular flexibility index (Phi) is 4.76. The zero-order valence-corrected chi connectivity index (χ0v) is 18.3. The quantitative estimate of drug-likeness (QED) is 0.567. The van der Waals surface area contributed by atoms with Gasteiger partial charge in [0.05, 0.1) is 6.10 Å². The van der Waals surface area contributed by atoms with Gasteiger partial charge in [-0.3, -0.25) is 4.79 Å². The Morgan fingerprint density at radius 1 is 1.07 bits per heavy atom. The molecule has 5 rings (SSSR count). The Morgan fingerprint density at radius 3 is 2.55 bits per heavy atom. The van der Waals surface area contributed by atoms with Crippen LogP contribution in [-0.2, 0) is 16.0 Å². The van der Waals surface area contributed by atoms with Crippen molar-refractivity contribution in [2.75, 3.05) is 0 Å². The third kappa shape index (κ3) is 2.90. The summed E-state index contributed by atoms with van der Waals surface area (Å²) in [6.45, 7) is 4.56. The highest BCUT2D eigenvalue weighted by Gasteiger charge is 2.63. The maximum absolute atomic E-state index is 13.5. The van der Waals surface area contributed by atoms with Gasteiger partial charge in [0, 0.05) is 11.8 Å². The number of hydrogen-bond donors (Lipinski definition) is 1. The molecule has 3 nitrogen and oxygen atoms in total. The van der Waals surface area contributed by atoms with Crippen molar-refractivity contribution >= 4 is 17.0 Å². The van der Waals surface area contributed by atoms with E-state index < -0.39 is 11.2 Å². The summed E-state index contributed by atoms with van der Waals surface area (Å²) in [6, 6.07) is 9.52. The number of Topliss-reactive ketones (excluding diaryl/α,β-unsaturated/α-hetero) is 1. The minimum atomic E-state index is -1.26. The third-order valence-corrected chi connectivity index (χ3v) is 10.7. The van der Waals surface area contributed by atoms with Crippen LogP contribution >= 0.6 is 0 Å². The first kappa shape index (κ1) is 19.8. The molecule has 4 aliphatic carbocycles. The van der Waals surface area contributed by atoms with Gasteiger partial charge in [-0.1, -0.05) is 43.7 Å². The molecule has 1 aromatic rings. The summed E-state index contributed by atoms with van der Waals surface area (Å²) >= 11 is -1.26. The first-order valence-corrected chi connectivity index (χ1v) is 12.4. The molecule has 0 aromatic heterocycles. The van der Waals surface area contributed by atoms with Gasteiger partial charge in [0.15, 0.2) is 15.9 Å². The van der Waals surface area contributed by atoms with Crippen LogP contribution in [-0.4, -0.2) is 26.8 Å². The average Bonchev–Trinajstić information content (AvgIpc) is 3.00. The molecule has 4 aliphatic rings. The maximum Gasteiger partial charge on any atom is 0.191 e. The molecule has 0 bridgehead atoms. The number of aliphatic hydroxyl groups is 1. The van der Waals surface area contributed by atoms with Gasteiger partial charge in [0.2, 0.25) is 0 Å². The number of ketones is 1. The summed E-state index contributed by atoms with van der Waals surface area (Å²) in [5.41, 5.74) is 1.30. The van der Waals surface area contributed by atoms with Crippen LogP contribution in [0.1, 0.15) is 58.8 Å². The van der Waals surface area contributed by atoms with Crippen molar-refractivity contribution in [1.82, 2.24) is 0 Å². The van der Waals surface area contributed by atoms with Crippen LogP contribution in [0.2, 0.25) is 0 Å². The Hall–Kier alpha value is -1.10. The van der Waals surface area contributed by atoms with E-state index in [2.05, 4.69) is 19.9 Å². The van der Waals surface area contributed by atoms with Crippen LogP contribution in [0.4, 0.5) is 0 Å². The van der Waals surface area contributed by atoms with Gasteiger partial charge in [-0.25, -0.2) is 0 Å². The van der Waals surface area contributed by atoms with E-state index in [0.717, 1.165) is 49.8 Å². The highest BCUT2D eigenvalue weighted by molar-refractivity contribution is 7.92. The molecule has 3 fully saturated rings. The van der Waals surface area contributed by atoms with Crippen LogP contribution in [0.25, 0.3) is 0 Å². The molecular weight excluding hydrogens is 380 g/mol. The number of aliphatic hydroxyl groups excluding tert-OH is 1. The molecule has 3 saturated carbocycles. The minimum absolute atomic E-state index is 0.170. The lowest BCUT2D eigenvalue weighted by atomic mass is 9.48. The molecule has 0 saturated heterocycles. The predicted molar refractivity (Wildman–Crippen MR) is 115 cm³/mol. The fraction of sp³-hybridized carbons (Fsp3) is 0.640. The SMILES string of the molecule is C[C@]12CCC(O)CC1=CCC1C2CC[C@]2(C)C(=O)C([S+]([O-])c3ccccc3)CC12. The molecule has 0 heterocycles. The lowest BCUT2D eigenvalue weighted by Crippen LogP contribution is -2.50. The monoisotopic (exact) mass is 412 g/mol. The summed E-state index contributed by atoms with van der Waals surface area (Å²) in [5.74, 6) is 1.65. The van der Waals surface area contributed by atoms with E-state index in [4.69, 9.17) is 0 Å². The Labute approximate surface area is 177 Å². The summed E-state index contributed by atoms with van der Waals surface area (Å²) in [7, 11) is 0. The van der Waals surface area contributed by atoms with Gasteiger partial charge in [0.25, 0.3) is 0 Å². The molecule has 0 radical (unpaired) electrons. The molecule has 29 heavy (non-hydrogen) atoms. The first-order chi connectivity index (χ1) is 13.8. The van der Waals surface area contributed by atoms with Crippen molar-refractivity contribution in [3.05, 3.63) is 42.0 Å². The predicted octanol–water partition coefficient (Wildman–Crippen LogP) is 4.67. The van der Waals surface area contributed by atoms with Crippen molar-refractivity contribution in [1.29, 1.82) is 0 Å². The largest absolute Gasteiger partial charge is 0.611 e. The highest BCUT2D eigenvalue weighted by Crippen LogP contribution is 2.64. The Bertz CT molecular complexity index is 836. The lowest BCUT2D eigenvalue weighted by Gasteiger charge is -2.56. The van der Waals surface area contributed by atoms with Gasteiger partial charge in [0.1, 0.15) is 0 Å². The van der Waals surface area contributed by atoms with Crippen LogP contribution in [0.5, 0.6) is 0 Å². The number of rotatable bonds is 2. The summed E-state index contributed by atoms with van der Waals surface area (Å²) in [6.07, 6.45) is 8.74. The first-order valence-electron chi connectivity index (χ1n) is 11.2. The minimum Gasteiger partial charge on any atom is -0.611 e. The fourth-order valence-corrected chi connectivity index (χ4v) is 8.91. The van der Waals surface area contributed by atoms with Crippen molar-refractivity contribution in [2.45, 2.75) is 75.0 Å². The highest BCUT2D eigenvalue weighted by atomic mass is 32.2. The van der Waals surface area contributed by atoms with E-state index in [1.165, 1.54) is 5.57 Å². The van der Waals surface area contributed by atoms with Crippen molar-refractivity contribution in [3.63, 3.8) is 0 Å². The van der Waals surface area contributed by atoms with Crippen LogP contribution in [0.15, 0.2) is 46.9 Å². The lowest BCUT2D eigenvalue weighted by molar-refractivity contribution is -0.131. The van der Waals surface area contributed by atoms with E-state index >= 15 is 0 Å². The summed E-state index contributed by atoms with van der Waals surface area (Å²) in [4.78, 5) is 14.3. The second-order valence-corrected chi connectivity index (χ2v) is 11.9. The molecule has 156 valence electrons. The van der Waals surface area contributed by atoms with E-state index in [1.807, 2.05) is 30.3 Å². The van der Waals surface area contributed by atoms with Crippen molar-refractivity contribution in [2.24, 2.45) is 28.6 Å². The maximum atomic E-state index is 13.5. The average molecular weight is 413 g/mol. The van der Waals surface area contributed by atoms with Crippen LogP contribution in [0.3, 0.4) is 0 Å². The number of carbonyl (C=O) groups is 1. The van der Waals surface area contributed by atoms with E-state index in [-0.39, 0.29) is 28.0 Å². The molecular formula is C25H32O3S. The Balaban J connectivity index is 1.45. The second kappa shape index (κ2) is 6.96. The second-order valence-electron chi connectivity index (χ2n) is 10.3. The summed E-state index contributed by atoms with van der Waals surface area (Å²) < 4.78 is 13.3. The molecule has 4 heteroatoms. The van der Waals surface area contributed by atoms with Gasteiger partial charge >= 0.3 is 0 Å². The van der Waals surface area contributed by atoms with Crippen molar-refractivity contribution < 1.29 is 14.5 Å². The molecule has 0 spiro atoms. The normalized spacial score (nSPS) is 45.0. The number of benzene rings is 1. The zero-order chi connectivity index (χ0) is 20.4. The van der Waals surface area contributed by atoms with Gasteiger partial charge in [-0.15, -0.1) is 0 Å². The number of carbonyl (C=O) groups excluding carboxylic acids is 1. The van der Waals surface area contributed by atoms with E-state index in [0.29, 0.717) is 17.8 Å². The third-order valence-electron chi connectivity index (χ3n) is 9.02. The van der Waals surface area contributed by atoms with Crippen molar-refractivity contribution in [3.8, 4) is 0 Å². The molecule has 0 amide bonds. The standard InChI is InChI=1S/C25H32O3S/c1-24-12-10-17(26)14-16(24)8-9-19-20(24)11-13-25(2)21(19)15-22(23(25)27)29(28)18-6-4-3-5-7-18/h3-8,17,19-22,26H,9-15H2,1-2H3/t17?,19?,20?,21?,22?,24-,25-,29?/m0/s1. The van der Waals surface area contributed by atoms with E-state index in [9.17, 15) is 14.5 Å². The summed E-state index contributed by atoms with van der Waals surface area (Å²) in [5, 5.41) is 9.81.